The Hall–Kier alpha value is -4.11. The second-order valence-electron chi connectivity index (χ2n) is 8.48. The maximum absolute atomic E-state index is 12.5. The summed E-state index contributed by atoms with van der Waals surface area (Å²) in [7, 11) is 0. The highest BCUT2D eigenvalue weighted by Crippen LogP contribution is 2.36. The Kier molecular flexibility index (Phi) is 6.24. The number of carbonyl (C=O) groups is 1. The summed E-state index contributed by atoms with van der Waals surface area (Å²) in [6, 6.07) is 15.6. The standard InChI is InChI=1S/C26H26N4O5/c1-16-4-6-19(7-5-16)12-30-18(3)26(17(2)28-30)27-25(31)14-32-13-21-11-23(35-29-21)20-8-9-22-24(10-20)34-15-33-22/h4-11H,12-15H2,1-3H3,(H,27,31). The number of amides is 1. The summed E-state index contributed by atoms with van der Waals surface area (Å²) in [5.74, 6) is 1.69. The first-order valence-corrected chi connectivity index (χ1v) is 11.3. The molecule has 0 aliphatic carbocycles. The molecule has 4 aromatic rings. The van der Waals surface area contributed by atoms with E-state index in [0.29, 0.717) is 35.2 Å². The second kappa shape index (κ2) is 9.63. The number of nitrogens with zero attached hydrogens (tertiary/aromatic N) is 3. The summed E-state index contributed by atoms with van der Waals surface area (Å²) in [6.07, 6.45) is 0. The van der Waals surface area contributed by atoms with Crippen LogP contribution in [0.2, 0.25) is 0 Å². The van der Waals surface area contributed by atoms with Crippen LogP contribution in [0, 0.1) is 20.8 Å². The van der Waals surface area contributed by atoms with E-state index in [0.717, 1.165) is 22.5 Å². The molecule has 5 rings (SSSR count). The van der Waals surface area contributed by atoms with Crippen LogP contribution in [0.5, 0.6) is 11.5 Å². The van der Waals surface area contributed by atoms with Gasteiger partial charge < -0.3 is 24.1 Å². The van der Waals surface area contributed by atoms with E-state index in [4.69, 9.17) is 18.7 Å². The molecule has 35 heavy (non-hydrogen) atoms. The van der Waals surface area contributed by atoms with E-state index >= 15 is 0 Å². The summed E-state index contributed by atoms with van der Waals surface area (Å²) >= 11 is 0. The van der Waals surface area contributed by atoms with Crippen molar-refractivity contribution >= 4 is 11.6 Å². The Morgan fingerprint density at radius 2 is 1.86 bits per heavy atom. The summed E-state index contributed by atoms with van der Waals surface area (Å²) in [6.45, 7) is 6.75. The lowest BCUT2D eigenvalue weighted by molar-refractivity contribution is -0.121. The van der Waals surface area contributed by atoms with E-state index in [1.165, 1.54) is 5.56 Å². The molecule has 0 saturated heterocycles. The quantitative estimate of drug-likeness (QED) is 0.404. The van der Waals surface area contributed by atoms with Crippen LogP contribution in [0.3, 0.4) is 0 Å². The third-order valence-electron chi connectivity index (χ3n) is 5.80. The highest BCUT2D eigenvalue weighted by molar-refractivity contribution is 5.92. The van der Waals surface area contributed by atoms with Crippen molar-refractivity contribution in [2.75, 3.05) is 18.7 Å². The number of hydrogen-bond donors (Lipinski definition) is 1. The Bertz CT molecular complexity index is 1360. The van der Waals surface area contributed by atoms with Crippen LogP contribution in [0.4, 0.5) is 5.69 Å². The van der Waals surface area contributed by atoms with E-state index in [1.54, 1.807) is 6.07 Å². The molecule has 0 saturated carbocycles. The number of ether oxygens (including phenoxy) is 3. The number of nitrogens with one attached hydrogen (secondary N) is 1. The lowest BCUT2D eigenvalue weighted by Crippen LogP contribution is -2.19. The van der Waals surface area contributed by atoms with Crippen molar-refractivity contribution in [3.63, 3.8) is 0 Å². The minimum absolute atomic E-state index is 0.117. The van der Waals surface area contributed by atoms with Crippen LogP contribution in [-0.2, 0) is 22.7 Å². The van der Waals surface area contributed by atoms with Gasteiger partial charge in [0.15, 0.2) is 17.3 Å². The number of rotatable bonds is 8. The predicted molar refractivity (Wildman–Crippen MR) is 128 cm³/mol. The highest BCUT2D eigenvalue weighted by Gasteiger charge is 2.17. The van der Waals surface area contributed by atoms with Crippen molar-refractivity contribution in [3.8, 4) is 22.8 Å². The lowest BCUT2D eigenvalue weighted by Gasteiger charge is -2.08. The number of hydrogen-bond acceptors (Lipinski definition) is 7. The van der Waals surface area contributed by atoms with Gasteiger partial charge in [-0.05, 0) is 44.5 Å². The molecule has 2 aromatic heterocycles. The zero-order valence-electron chi connectivity index (χ0n) is 19.8. The first-order valence-electron chi connectivity index (χ1n) is 11.3. The van der Waals surface area contributed by atoms with Gasteiger partial charge >= 0.3 is 0 Å². The first kappa shape index (κ1) is 22.7. The largest absolute Gasteiger partial charge is 0.454 e. The summed E-state index contributed by atoms with van der Waals surface area (Å²) < 4.78 is 23.6. The molecule has 9 heteroatoms. The van der Waals surface area contributed by atoms with Gasteiger partial charge in [0.25, 0.3) is 0 Å². The third kappa shape index (κ3) is 5.04. The zero-order chi connectivity index (χ0) is 24.4. The first-order chi connectivity index (χ1) is 17.0. The third-order valence-corrected chi connectivity index (χ3v) is 5.80. The van der Waals surface area contributed by atoms with Crippen LogP contribution in [0.1, 0.15) is 28.2 Å². The van der Waals surface area contributed by atoms with Gasteiger partial charge in [0, 0.05) is 11.6 Å². The Morgan fingerprint density at radius 3 is 2.69 bits per heavy atom. The molecule has 0 bridgehead atoms. The van der Waals surface area contributed by atoms with Crippen molar-refractivity contribution < 1.29 is 23.5 Å². The normalized spacial score (nSPS) is 12.2. The number of carbonyl (C=O) groups excluding carboxylic acids is 1. The molecule has 0 atom stereocenters. The van der Waals surface area contributed by atoms with Crippen LogP contribution in [0.25, 0.3) is 11.3 Å². The van der Waals surface area contributed by atoms with E-state index in [2.05, 4.69) is 46.8 Å². The fourth-order valence-electron chi connectivity index (χ4n) is 3.89. The molecule has 3 heterocycles. The van der Waals surface area contributed by atoms with Crippen LogP contribution in [0.15, 0.2) is 53.1 Å². The van der Waals surface area contributed by atoms with Gasteiger partial charge in [0.2, 0.25) is 12.7 Å². The number of aryl methyl sites for hydroxylation is 2. The van der Waals surface area contributed by atoms with E-state index in [9.17, 15) is 4.79 Å². The van der Waals surface area contributed by atoms with Crippen molar-refractivity contribution in [3.05, 3.63) is 76.7 Å². The highest BCUT2D eigenvalue weighted by atomic mass is 16.7. The van der Waals surface area contributed by atoms with Crippen molar-refractivity contribution in [2.45, 2.75) is 33.9 Å². The van der Waals surface area contributed by atoms with Gasteiger partial charge in [-0.25, -0.2) is 0 Å². The number of fused-ring (bicyclic) bond motifs is 1. The number of aromatic nitrogens is 3. The maximum Gasteiger partial charge on any atom is 0.250 e. The lowest BCUT2D eigenvalue weighted by atomic mass is 10.1. The SMILES string of the molecule is Cc1ccc(Cn2nc(C)c(NC(=O)COCc3cc(-c4ccc5c(c4)OCO5)on3)c2C)cc1. The van der Waals surface area contributed by atoms with Gasteiger partial charge in [0.1, 0.15) is 12.3 Å². The minimum atomic E-state index is -0.259. The van der Waals surface area contributed by atoms with Gasteiger partial charge in [-0.2, -0.15) is 5.10 Å². The molecule has 180 valence electrons. The number of anilines is 1. The van der Waals surface area contributed by atoms with Gasteiger partial charge in [0.05, 0.1) is 30.2 Å². The Balaban J connectivity index is 1.15. The van der Waals surface area contributed by atoms with Crippen LogP contribution in [-0.4, -0.2) is 34.2 Å². The fourth-order valence-corrected chi connectivity index (χ4v) is 3.89. The molecule has 1 aliphatic rings. The molecule has 9 nitrogen and oxygen atoms in total. The number of benzene rings is 2. The van der Waals surface area contributed by atoms with Gasteiger partial charge in [-0.3, -0.25) is 9.48 Å². The zero-order valence-corrected chi connectivity index (χ0v) is 19.8. The average Bonchev–Trinajstić information content (AvgIpc) is 3.57. The van der Waals surface area contributed by atoms with E-state index < -0.39 is 0 Å². The smallest absolute Gasteiger partial charge is 0.250 e. The van der Waals surface area contributed by atoms with E-state index in [1.807, 2.05) is 36.7 Å². The molecule has 1 aliphatic heterocycles. The minimum Gasteiger partial charge on any atom is -0.454 e. The van der Waals surface area contributed by atoms with Gasteiger partial charge in [-0.1, -0.05) is 35.0 Å². The fraction of sp³-hybridized carbons (Fsp3) is 0.269. The van der Waals surface area contributed by atoms with Crippen molar-refractivity contribution in [2.24, 2.45) is 0 Å². The van der Waals surface area contributed by atoms with E-state index in [-0.39, 0.29) is 25.9 Å². The molecular formula is C26H26N4O5. The van der Waals surface area contributed by atoms with Crippen LogP contribution >= 0.6 is 0 Å². The molecule has 0 unspecified atom stereocenters. The molecule has 1 N–H and O–H groups in total. The molecule has 0 radical (unpaired) electrons. The molecule has 2 aromatic carbocycles. The maximum atomic E-state index is 12.5. The molecular weight excluding hydrogens is 448 g/mol. The summed E-state index contributed by atoms with van der Waals surface area (Å²) in [4.78, 5) is 12.5. The monoisotopic (exact) mass is 474 g/mol. The Morgan fingerprint density at radius 1 is 1.06 bits per heavy atom. The van der Waals surface area contributed by atoms with Crippen molar-refractivity contribution in [1.29, 1.82) is 0 Å². The summed E-state index contributed by atoms with van der Waals surface area (Å²) in [5, 5.41) is 11.5. The molecule has 0 spiro atoms. The Labute approximate surface area is 202 Å². The second-order valence-corrected chi connectivity index (χ2v) is 8.48. The van der Waals surface area contributed by atoms with Crippen molar-refractivity contribution in [1.82, 2.24) is 14.9 Å². The topological polar surface area (TPSA) is 101 Å². The summed E-state index contributed by atoms with van der Waals surface area (Å²) in [5.41, 5.74) is 6.12. The molecule has 0 fully saturated rings. The predicted octanol–water partition coefficient (Wildman–Crippen LogP) is 4.40. The van der Waals surface area contributed by atoms with Crippen LogP contribution < -0.4 is 14.8 Å². The average molecular weight is 475 g/mol. The molecule has 1 amide bonds. The van der Waals surface area contributed by atoms with Gasteiger partial charge in [-0.15, -0.1) is 0 Å².